The SMILES string of the molecule is CC(Cc1cccs1)N(C)C(CN)c1cc(Cl)cc(Cl)c1. The van der Waals surface area contributed by atoms with E-state index < -0.39 is 0 Å². The van der Waals surface area contributed by atoms with Crippen LogP contribution in [-0.2, 0) is 6.42 Å². The fourth-order valence-corrected chi connectivity index (χ4v) is 3.85. The second-order valence-electron chi connectivity index (χ2n) is 5.25. The molecule has 0 saturated carbocycles. The Hall–Kier alpha value is -0.580. The molecule has 0 spiro atoms. The first kappa shape index (κ1) is 16.8. The molecule has 0 aliphatic rings. The quantitative estimate of drug-likeness (QED) is 0.829. The molecule has 0 amide bonds. The van der Waals surface area contributed by atoms with Crippen molar-refractivity contribution in [2.24, 2.45) is 5.73 Å². The van der Waals surface area contributed by atoms with Crippen molar-refractivity contribution in [3.63, 3.8) is 0 Å². The maximum Gasteiger partial charge on any atom is 0.0471 e. The van der Waals surface area contributed by atoms with E-state index in [1.807, 2.05) is 12.1 Å². The molecule has 1 heterocycles. The lowest BCUT2D eigenvalue weighted by atomic mass is 10.0. The summed E-state index contributed by atoms with van der Waals surface area (Å²) in [4.78, 5) is 3.68. The van der Waals surface area contributed by atoms with Crippen molar-refractivity contribution in [3.8, 4) is 0 Å². The summed E-state index contributed by atoms with van der Waals surface area (Å²) >= 11 is 14.0. The number of thiophene rings is 1. The van der Waals surface area contributed by atoms with E-state index in [0.29, 0.717) is 22.6 Å². The molecule has 2 atom stereocenters. The van der Waals surface area contributed by atoms with E-state index in [1.165, 1.54) is 4.88 Å². The van der Waals surface area contributed by atoms with Crippen molar-refractivity contribution in [1.82, 2.24) is 4.90 Å². The largest absolute Gasteiger partial charge is 0.329 e. The number of hydrogen-bond acceptors (Lipinski definition) is 3. The van der Waals surface area contributed by atoms with Crippen molar-refractivity contribution >= 4 is 34.5 Å². The predicted octanol–water partition coefficient (Wildman–Crippen LogP) is 4.62. The lowest BCUT2D eigenvalue weighted by molar-refractivity contribution is 0.188. The van der Waals surface area contributed by atoms with Crippen LogP contribution < -0.4 is 5.73 Å². The van der Waals surface area contributed by atoms with E-state index >= 15 is 0 Å². The molecule has 2 rings (SSSR count). The molecule has 0 fully saturated rings. The summed E-state index contributed by atoms with van der Waals surface area (Å²) in [6, 6.07) is 10.4. The van der Waals surface area contributed by atoms with Gasteiger partial charge in [-0.3, -0.25) is 4.90 Å². The Kier molecular flexibility index (Phi) is 6.08. The van der Waals surface area contributed by atoms with E-state index in [4.69, 9.17) is 28.9 Å². The first-order valence-electron chi connectivity index (χ1n) is 6.91. The van der Waals surface area contributed by atoms with Crippen molar-refractivity contribution in [2.75, 3.05) is 13.6 Å². The summed E-state index contributed by atoms with van der Waals surface area (Å²) in [6.07, 6.45) is 1.01. The molecule has 2 nitrogen and oxygen atoms in total. The molecule has 21 heavy (non-hydrogen) atoms. The van der Waals surface area contributed by atoms with Gasteiger partial charge in [0.2, 0.25) is 0 Å². The van der Waals surface area contributed by atoms with Crippen LogP contribution >= 0.6 is 34.5 Å². The average molecular weight is 343 g/mol. The van der Waals surface area contributed by atoms with Gasteiger partial charge in [0, 0.05) is 33.6 Å². The van der Waals surface area contributed by atoms with Crippen LogP contribution in [0.15, 0.2) is 35.7 Å². The second-order valence-corrected chi connectivity index (χ2v) is 7.16. The first-order chi connectivity index (χ1) is 10.0. The van der Waals surface area contributed by atoms with Gasteiger partial charge in [0.05, 0.1) is 0 Å². The molecular formula is C16H20Cl2N2S. The highest BCUT2D eigenvalue weighted by atomic mass is 35.5. The fraction of sp³-hybridized carbons (Fsp3) is 0.375. The first-order valence-corrected chi connectivity index (χ1v) is 8.55. The molecule has 2 unspecified atom stereocenters. The molecule has 1 aromatic carbocycles. The molecule has 0 aliphatic carbocycles. The van der Waals surface area contributed by atoms with E-state index in [0.717, 1.165) is 12.0 Å². The standard InChI is InChI=1S/C16H20Cl2N2S/c1-11(6-15-4-3-5-21-15)20(2)16(10-19)12-7-13(17)9-14(18)8-12/h3-5,7-9,11,16H,6,10,19H2,1-2H3. The van der Waals surface area contributed by atoms with Gasteiger partial charge in [-0.05, 0) is 55.6 Å². The van der Waals surface area contributed by atoms with Gasteiger partial charge in [0.15, 0.2) is 0 Å². The van der Waals surface area contributed by atoms with Crippen LogP contribution in [0.4, 0.5) is 0 Å². The number of likely N-dealkylation sites (N-methyl/N-ethyl adjacent to an activating group) is 1. The molecule has 0 saturated heterocycles. The monoisotopic (exact) mass is 342 g/mol. The average Bonchev–Trinajstić information content (AvgIpc) is 2.91. The van der Waals surface area contributed by atoms with Gasteiger partial charge in [-0.15, -0.1) is 11.3 Å². The van der Waals surface area contributed by atoms with Gasteiger partial charge in [-0.2, -0.15) is 0 Å². The van der Waals surface area contributed by atoms with E-state index in [2.05, 4.69) is 36.4 Å². The summed E-state index contributed by atoms with van der Waals surface area (Å²) < 4.78 is 0. The maximum absolute atomic E-state index is 6.11. The minimum atomic E-state index is 0.108. The van der Waals surface area contributed by atoms with Gasteiger partial charge in [0.25, 0.3) is 0 Å². The zero-order valence-corrected chi connectivity index (χ0v) is 14.6. The summed E-state index contributed by atoms with van der Waals surface area (Å²) in [5, 5.41) is 3.41. The third-order valence-corrected chi connectivity index (χ3v) is 5.09. The van der Waals surface area contributed by atoms with Crippen molar-refractivity contribution < 1.29 is 0 Å². The molecule has 0 radical (unpaired) electrons. The molecule has 0 aliphatic heterocycles. The Balaban J connectivity index is 2.15. The fourth-order valence-electron chi connectivity index (χ4n) is 2.48. The lowest BCUT2D eigenvalue weighted by Crippen LogP contribution is -2.38. The predicted molar refractivity (Wildman–Crippen MR) is 93.5 cm³/mol. The number of nitrogens with zero attached hydrogens (tertiary/aromatic N) is 1. The highest BCUT2D eigenvalue weighted by molar-refractivity contribution is 7.09. The summed E-state index contributed by atoms with van der Waals surface area (Å²) in [5.41, 5.74) is 7.06. The Morgan fingerprint density at radius 2 is 1.90 bits per heavy atom. The molecular weight excluding hydrogens is 323 g/mol. The number of rotatable bonds is 6. The second kappa shape index (κ2) is 7.61. The maximum atomic E-state index is 6.11. The lowest BCUT2D eigenvalue weighted by Gasteiger charge is -2.33. The van der Waals surface area contributed by atoms with Gasteiger partial charge in [-0.25, -0.2) is 0 Å². The zero-order chi connectivity index (χ0) is 15.4. The molecule has 2 aromatic rings. The minimum Gasteiger partial charge on any atom is -0.329 e. The van der Waals surface area contributed by atoms with Crippen LogP contribution in [0.2, 0.25) is 10.0 Å². The van der Waals surface area contributed by atoms with Crippen molar-refractivity contribution in [2.45, 2.75) is 25.4 Å². The van der Waals surface area contributed by atoms with Crippen molar-refractivity contribution in [3.05, 3.63) is 56.2 Å². The molecule has 1 aromatic heterocycles. The number of hydrogen-bond donors (Lipinski definition) is 1. The number of halogens is 2. The number of nitrogens with two attached hydrogens (primary N) is 1. The van der Waals surface area contributed by atoms with Crippen LogP contribution in [-0.4, -0.2) is 24.5 Å². The molecule has 2 N–H and O–H groups in total. The highest BCUT2D eigenvalue weighted by Crippen LogP contribution is 2.28. The van der Waals surface area contributed by atoms with E-state index in [9.17, 15) is 0 Å². The molecule has 114 valence electrons. The third kappa shape index (κ3) is 4.44. The van der Waals surface area contributed by atoms with Crippen LogP contribution in [0.5, 0.6) is 0 Å². The normalized spacial score (nSPS) is 14.4. The highest BCUT2D eigenvalue weighted by Gasteiger charge is 2.21. The Bertz CT molecular complexity index is 551. The minimum absolute atomic E-state index is 0.108. The number of benzene rings is 1. The molecule has 5 heteroatoms. The Morgan fingerprint density at radius 1 is 1.24 bits per heavy atom. The van der Waals surface area contributed by atoms with Gasteiger partial charge in [0.1, 0.15) is 0 Å². The van der Waals surface area contributed by atoms with E-state index in [1.54, 1.807) is 17.4 Å². The topological polar surface area (TPSA) is 29.3 Å². The van der Waals surface area contributed by atoms with Gasteiger partial charge in [-0.1, -0.05) is 29.3 Å². The van der Waals surface area contributed by atoms with Crippen LogP contribution in [0.1, 0.15) is 23.4 Å². The molecule has 0 bridgehead atoms. The summed E-state index contributed by atoms with van der Waals surface area (Å²) in [5.74, 6) is 0. The Labute approximate surface area is 140 Å². The summed E-state index contributed by atoms with van der Waals surface area (Å²) in [7, 11) is 2.10. The smallest absolute Gasteiger partial charge is 0.0471 e. The van der Waals surface area contributed by atoms with Crippen LogP contribution in [0.3, 0.4) is 0 Å². The van der Waals surface area contributed by atoms with Crippen LogP contribution in [0.25, 0.3) is 0 Å². The zero-order valence-electron chi connectivity index (χ0n) is 12.2. The Morgan fingerprint density at radius 3 is 2.43 bits per heavy atom. The summed E-state index contributed by atoms with van der Waals surface area (Å²) in [6.45, 7) is 2.75. The van der Waals surface area contributed by atoms with Gasteiger partial charge < -0.3 is 5.73 Å². The third-order valence-electron chi connectivity index (χ3n) is 3.76. The van der Waals surface area contributed by atoms with Crippen LogP contribution in [0, 0.1) is 0 Å². The van der Waals surface area contributed by atoms with E-state index in [-0.39, 0.29) is 6.04 Å². The van der Waals surface area contributed by atoms with Gasteiger partial charge >= 0.3 is 0 Å². The van der Waals surface area contributed by atoms with Crippen molar-refractivity contribution in [1.29, 1.82) is 0 Å².